The van der Waals surface area contributed by atoms with E-state index in [0.717, 1.165) is 25.3 Å². The van der Waals surface area contributed by atoms with Gasteiger partial charge in [0.1, 0.15) is 0 Å². The average molecular weight is 237 g/mol. The van der Waals surface area contributed by atoms with E-state index in [2.05, 4.69) is 10.6 Å². The van der Waals surface area contributed by atoms with Crippen LogP contribution in [0.2, 0.25) is 0 Å². The van der Waals surface area contributed by atoms with E-state index in [1.54, 1.807) is 18.2 Å². The summed E-state index contributed by atoms with van der Waals surface area (Å²) in [5.41, 5.74) is 7.56. The number of carboxylic acid groups (broad SMARTS) is 1. The molecule has 0 aliphatic carbocycles. The molecule has 1 aromatic carbocycles. The van der Waals surface area contributed by atoms with Crippen LogP contribution in [0.4, 0.5) is 21.9 Å². The number of hydrogen-bond acceptors (Lipinski definition) is 4. The largest absolute Gasteiger partial charge is 0.465 e. The van der Waals surface area contributed by atoms with E-state index in [4.69, 9.17) is 15.6 Å². The van der Waals surface area contributed by atoms with Crippen molar-refractivity contribution in [3.63, 3.8) is 0 Å². The molecule has 17 heavy (non-hydrogen) atoms. The fourth-order valence-corrected chi connectivity index (χ4v) is 1.59. The van der Waals surface area contributed by atoms with Crippen LogP contribution in [0.1, 0.15) is 6.42 Å². The van der Waals surface area contributed by atoms with Gasteiger partial charge in [-0.25, -0.2) is 4.79 Å². The number of amides is 1. The molecule has 1 aliphatic heterocycles. The van der Waals surface area contributed by atoms with Gasteiger partial charge in [-0.2, -0.15) is 0 Å². The molecule has 1 unspecified atom stereocenters. The van der Waals surface area contributed by atoms with Crippen LogP contribution in [-0.4, -0.2) is 30.5 Å². The highest BCUT2D eigenvalue weighted by Crippen LogP contribution is 2.23. The number of nitrogen functional groups attached to an aromatic ring is 1. The lowest BCUT2D eigenvalue weighted by Gasteiger charge is -2.27. The monoisotopic (exact) mass is 237 g/mol. The van der Waals surface area contributed by atoms with E-state index < -0.39 is 6.09 Å². The van der Waals surface area contributed by atoms with Crippen molar-refractivity contribution < 1.29 is 14.6 Å². The molecule has 0 saturated carbocycles. The Morgan fingerprint density at radius 1 is 1.59 bits per heavy atom. The molecule has 6 heteroatoms. The smallest absolute Gasteiger partial charge is 0.409 e. The summed E-state index contributed by atoms with van der Waals surface area (Å²) in [5.74, 6) is 0. The highest BCUT2D eigenvalue weighted by Gasteiger charge is 2.17. The van der Waals surface area contributed by atoms with Crippen LogP contribution in [0, 0.1) is 0 Å². The van der Waals surface area contributed by atoms with Gasteiger partial charge in [-0.3, -0.25) is 5.32 Å². The van der Waals surface area contributed by atoms with Gasteiger partial charge < -0.3 is 20.9 Å². The molecule has 1 atom stereocenters. The highest BCUT2D eigenvalue weighted by molar-refractivity contribution is 5.85. The van der Waals surface area contributed by atoms with Crippen molar-refractivity contribution in [3.05, 3.63) is 18.2 Å². The van der Waals surface area contributed by atoms with Crippen molar-refractivity contribution in [1.29, 1.82) is 0 Å². The minimum atomic E-state index is -1.10. The Kier molecular flexibility index (Phi) is 3.34. The van der Waals surface area contributed by atoms with Gasteiger partial charge in [0, 0.05) is 18.8 Å². The number of anilines is 3. The number of rotatable bonds is 4. The number of ether oxygens (including phenoxy) is 1. The Balaban J connectivity index is 1.95. The maximum absolute atomic E-state index is 10.4. The first-order valence-electron chi connectivity index (χ1n) is 5.40. The molecule has 6 nitrogen and oxygen atoms in total. The molecule has 1 amide bonds. The van der Waals surface area contributed by atoms with Crippen LogP contribution >= 0.6 is 0 Å². The molecule has 1 heterocycles. The second-order valence-electron chi connectivity index (χ2n) is 3.89. The van der Waals surface area contributed by atoms with E-state index >= 15 is 0 Å². The summed E-state index contributed by atoms with van der Waals surface area (Å²) in [6.07, 6.45) is 0.213. The second kappa shape index (κ2) is 4.92. The van der Waals surface area contributed by atoms with E-state index in [9.17, 15) is 4.79 Å². The first-order valence-corrected chi connectivity index (χ1v) is 5.40. The van der Waals surface area contributed by atoms with Crippen molar-refractivity contribution in [2.45, 2.75) is 12.5 Å². The SMILES string of the molecule is Nc1cc(NC(=O)O)ccc1NCC1CCO1. The number of hydrogen-bond donors (Lipinski definition) is 4. The van der Waals surface area contributed by atoms with Gasteiger partial charge in [0.2, 0.25) is 0 Å². The predicted octanol–water partition coefficient (Wildman–Crippen LogP) is 1.56. The number of nitrogens with two attached hydrogens (primary N) is 1. The Labute approximate surface area is 98.8 Å². The summed E-state index contributed by atoms with van der Waals surface area (Å²) in [7, 11) is 0. The summed E-state index contributed by atoms with van der Waals surface area (Å²) in [5, 5.41) is 14.0. The molecule has 2 rings (SSSR count). The zero-order chi connectivity index (χ0) is 12.3. The number of benzene rings is 1. The summed E-state index contributed by atoms with van der Waals surface area (Å²) >= 11 is 0. The maximum atomic E-state index is 10.4. The van der Waals surface area contributed by atoms with Crippen LogP contribution in [-0.2, 0) is 4.74 Å². The Bertz CT molecular complexity index is 418. The van der Waals surface area contributed by atoms with E-state index in [0.29, 0.717) is 11.4 Å². The van der Waals surface area contributed by atoms with E-state index in [-0.39, 0.29) is 6.10 Å². The average Bonchev–Trinajstić information content (AvgIpc) is 2.17. The molecule has 1 saturated heterocycles. The molecule has 0 bridgehead atoms. The summed E-state index contributed by atoms with van der Waals surface area (Å²) < 4.78 is 5.28. The van der Waals surface area contributed by atoms with Gasteiger partial charge in [0.25, 0.3) is 0 Å². The topological polar surface area (TPSA) is 96.6 Å². The minimum absolute atomic E-state index is 0.256. The van der Waals surface area contributed by atoms with Crippen molar-refractivity contribution in [3.8, 4) is 0 Å². The van der Waals surface area contributed by atoms with Gasteiger partial charge in [0.15, 0.2) is 0 Å². The molecule has 92 valence electrons. The molecule has 1 aromatic rings. The molecule has 0 spiro atoms. The number of nitrogens with one attached hydrogen (secondary N) is 2. The standard InChI is InChI=1S/C11H15N3O3/c12-9-5-7(14-11(15)16)1-2-10(9)13-6-8-3-4-17-8/h1-2,5,8,13-14H,3-4,6,12H2,(H,15,16). The summed E-state index contributed by atoms with van der Waals surface area (Å²) in [6, 6.07) is 4.99. The predicted molar refractivity (Wildman–Crippen MR) is 65.3 cm³/mol. The van der Waals surface area contributed by atoms with Crippen LogP contribution in [0.15, 0.2) is 18.2 Å². The molecule has 1 fully saturated rings. The zero-order valence-corrected chi connectivity index (χ0v) is 9.27. The van der Waals surface area contributed by atoms with Crippen molar-refractivity contribution in [2.24, 2.45) is 0 Å². The maximum Gasteiger partial charge on any atom is 0.409 e. The zero-order valence-electron chi connectivity index (χ0n) is 9.27. The molecular weight excluding hydrogens is 222 g/mol. The fraction of sp³-hybridized carbons (Fsp3) is 0.364. The molecule has 0 aromatic heterocycles. The molecular formula is C11H15N3O3. The Morgan fingerprint density at radius 3 is 2.88 bits per heavy atom. The Morgan fingerprint density at radius 2 is 2.35 bits per heavy atom. The lowest BCUT2D eigenvalue weighted by Crippen LogP contribution is -2.33. The van der Waals surface area contributed by atoms with Crippen molar-refractivity contribution >= 4 is 23.2 Å². The van der Waals surface area contributed by atoms with Crippen LogP contribution in [0.25, 0.3) is 0 Å². The first kappa shape index (κ1) is 11.5. The van der Waals surface area contributed by atoms with Gasteiger partial charge >= 0.3 is 6.09 Å². The quantitative estimate of drug-likeness (QED) is 0.596. The third-order valence-electron chi connectivity index (χ3n) is 2.62. The van der Waals surface area contributed by atoms with E-state index in [1.165, 1.54) is 0 Å². The molecule has 1 aliphatic rings. The van der Waals surface area contributed by atoms with Gasteiger partial charge in [-0.1, -0.05) is 0 Å². The Hall–Kier alpha value is -1.95. The van der Waals surface area contributed by atoms with Crippen LogP contribution in [0.3, 0.4) is 0 Å². The van der Waals surface area contributed by atoms with E-state index in [1.807, 2.05) is 0 Å². The fourth-order valence-electron chi connectivity index (χ4n) is 1.59. The van der Waals surface area contributed by atoms with Gasteiger partial charge in [0.05, 0.1) is 17.5 Å². The molecule has 0 radical (unpaired) electrons. The summed E-state index contributed by atoms with van der Waals surface area (Å²) in [4.78, 5) is 10.4. The van der Waals surface area contributed by atoms with Crippen molar-refractivity contribution in [2.75, 3.05) is 29.5 Å². The minimum Gasteiger partial charge on any atom is -0.465 e. The van der Waals surface area contributed by atoms with Crippen LogP contribution < -0.4 is 16.4 Å². The van der Waals surface area contributed by atoms with Gasteiger partial charge in [-0.15, -0.1) is 0 Å². The lowest BCUT2D eigenvalue weighted by molar-refractivity contribution is -0.0410. The first-order chi connectivity index (χ1) is 8.15. The number of carbonyl (C=O) groups is 1. The highest BCUT2D eigenvalue weighted by atomic mass is 16.5. The molecule has 5 N–H and O–H groups in total. The second-order valence-corrected chi connectivity index (χ2v) is 3.89. The summed E-state index contributed by atoms with van der Waals surface area (Å²) in [6.45, 7) is 1.54. The third-order valence-corrected chi connectivity index (χ3v) is 2.62. The lowest BCUT2D eigenvalue weighted by atomic mass is 10.2. The normalized spacial score (nSPS) is 18.2. The van der Waals surface area contributed by atoms with Crippen molar-refractivity contribution in [1.82, 2.24) is 0 Å². The van der Waals surface area contributed by atoms with Gasteiger partial charge in [-0.05, 0) is 24.6 Å². The third kappa shape index (κ3) is 3.01. The van der Waals surface area contributed by atoms with Crippen LogP contribution in [0.5, 0.6) is 0 Å².